The fourth-order valence-electron chi connectivity index (χ4n) is 3.49. The number of hydrogen-bond donors (Lipinski definition) is 1. The van der Waals surface area contributed by atoms with Crippen molar-refractivity contribution in [3.8, 4) is 0 Å². The van der Waals surface area contributed by atoms with Crippen LogP contribution in [0.5, 0.6) is 0 Å². The third kappa shape index (κ3) is 3.85. The van der Waals surface area contributed by atoms with Gasteiger partial charge in [-0.1, -0.05) is 17.7 Å². The van der Waals surface area contributed by atoms with Crippen LogP contribution in [0.2, 0.25) is 0 Å². The van der Waals surface area contributed by atoms with Gasteiger partial charge in [-0.25, -0.2) is 27.8 Å². The van der Waals surface area contributed by atoms with Gasteiger partial charge in [0, 0.05) is 19.6 Å². The van der Waals surface area contributed by atoms with Crippen LogP contribution in [0.25, 0.3) is 11.0 Å². The maximum atomic E-state index is 12.4. The smallest absolute Gasteiger partial charge is 0.240 e. The highest BCUT2D eigenvalue weighted by atomic mass is 32.2. The molecule has 0 unspecified atom stereocenters. The van der Waals surface area contributed by atoms with E-state index in [1.54, 1.807) is 41.5 Å². The molecule has 0 bridgehead atoms. The van der Waals surface area contributed by atoms with E-state index in [2.05, 4.69) is 24.7 Å². The van der Waals surface area contributed by atoms with Crippen molar-refractivity contribution in [2.24, 2.45) is 0 Å². The standard InChI is InChI=1S/C19H24N6O2S/c1-15-5-7-16(8-6-15)28(26,27)23-9-12-25-19-17(13-22-25)18(20-14-21-19)24-10-3-2-4-11-24/h5-8,13-14,23H,2-4,9-12H2,1H3. The van der Waals surface area contributed by atoms with E-state index >= 15 is 0 Å². The molecule has 1 saturated heterocycles. The van der Waals surface area contributed by atoms with Crippen molar-refractivity contribution in [2.45, 2.75) is 37.6 Å². The van der Waals surface area contributed by atoms with E-state index in [-0.39, 0.29) is 11.4 Å². The molecule has 28 heavy (non-hydrogen) atoms. The van der Waals surface area contributed by atoms with Gasteiger partial charge in [-0.3, -0.25) is 0 Å². The van der Waals surface area contributed by atoms with Crippen molar-refractivity contribution >= 4 is 26.9 Å². The van der Waals surface area contributed by atoms with Crippen LogP contribution in [0.1, 0.15) is 24.8 Å². The highest BCUT2D eigenvalue weighted by molar-refractivity contribution is 7.89. The van der Waals surface area contributed by atoms with Gasteiger partial charge in [-0.05, 0) is 38.3 Å². The van der Waals surface area contributed by atoms with Crippen LogP contribution >= 0.6 is 0 Å². The molecule has 3 aromatic rings. The molecule has 1 N–H and O–H groups in total. The van der Waals surface area contributed by atoms with Crippen LogP contribution in [-0.4, -0.2) is 47.8 Å². The highest BCUT2D eigenvalue weighted by Crippen LogP contribution is 2.25. The molecule has 0 spiro atoms. The number of hydrogen-bond acceptors (Lipinski definition) is 6. The van der Waals surface area contributed by atoms with Gasteiger partial charge in [-0.2, -0.15) is 5.10 Å². The molecule has 1 aliphatic heterocycles. The first-order valence-electron chi connectivity index (χ1n) is 9.52. The first kappa shape index (κ1) is 18.8. The van der Waals surface area contributed by atoms with Gasteiger partial charge in [0.2, 0.25) is 10.0 Å². The fourth-order valence-corrected chi connectivity index (χ4v) is 4.51. The van der Waals surface area contributed by atoms with Gasteiger partial charge in [0.25, 0.3) is 0 Å². The molecule has 9 heteroatoms. The third-order valence-electron chi connectivity index (χ3n) is 5.02. The van der Waals surface area contributed by atoms with Crippen LogP contribution in [0.4, 0.5) is 5.82 Å². The molecule has 4 rings (SSSR count). The van der Waals surface area contributed by atoms with Crippen LogP contribution in [0.3, 0.4) is 0 Å². The van der Waals surface area contributed by atoms with Crippen LogP contribution in [-0.2, 0) is 16.6 Å². The molecular formula is C19H24N6O2S. The van der Waals surface area contributed by atoms with Crippen LogP contribution < -0.4 is 9.62 Å². The Morgan fingerprint density at radius 2 is 1.82 bits per heavy atom. The number of nitrogens with zero attached hydrogens (tertiary/aromatic N) is 5. The molecule has 1 aliphatic rings. The highest BCUT2D eigenvalue weighted by Gasteiger charge is 2.18. The number of aryl methyl sites for hydroxylation is 1. The summed E-state index contributed by atoms with van der Waals surface area (Å²) in [6, 6.07) is 6.79. The molecule has 0 atom stereocenters. The van der Waals surface area contributed by atoms with Crippen molar-refractivity contribution < 1.29 is 8.42 Å². The summed E-state index contributed by atoms with van der Waals surface area (Å²) in [4.78, 5) is 11.4. The Kier molecular flexibility index (Phi) is 5.27. The van der Waals surface area contributed by atoms with Crippen molar-refractivity contribution in [1.29, 1.82) is 0 Å². The summed E-state index contributed by atoms with van der Waals surface area (Å²) in [6.45, 7) is 4.54. The van der Waals surface area contributed by atoms with Crippen LogP contribution in [0, 0.1) is 6.92 Å². The fraction of sp³-hybridized carbons (Fsp3) is 0.421. The van der Waals surface area contributed by atoms with Gasteiger partial charge in [0.1, 0.15) is 12.1 Å². The summed E-state index contributed by atoms with van der Waals surface area (Å²) < 4.78 is 29.2. The molecule has 148 valence electrons. The minimum atomic E-state index is -3.54. The zero-order valence-electron chi connectivity index (χ0n) is 15.9. The number of benzene rings is 1. The lowest BCUT2D eigenvalue weighted by atomic mass is 10.1. The maximum Gasteiger partial charge on any atom is 0.240 e. The molecular weight excluding hydrogens is 376 g/mol. The van der Waals surface area contributed by atoms with Crippen molar-refractivity contribution in [1.82, 2.24) is 24.5 Å². The monoisotopic (exact) mass is 400 g/mol. The van der Waals surface area contributed by atoms with E-state index in [1.807, 2.05) is 6.92 Å². The molecule has 0 amide bonds. The van der Waals surface area contributed by atoms with Gasteiger partial charge in [0.05, 0.1) is 23.0 Å². The Hall–Kier alpha value is -2.52. The van der Waals surface area contributed by atoms with Gasteiger partial charge in [-0.15, -0.1) is 0 Å². The Morgan fingerprint density at radius 1 is 1.07 bits per heavy atom. The normalized spacial score (nSPS) is 15.2. The van der Waals surface area contributed by atoms with Gasteiger partial charge >= 0.3 is 0 Å². The molecule has 1 fully saturated rings. The molecule has 2 aromatic heterocycles. The summed E-state index contributed by atoms with van der Waals surface area (Å²) in [5, 5.41) is 5.32. The molecule has 3 heterocycles. The maximum absolute atomic E-state index is 12.4. The summed E-state index contributed by atoms with van der Waals surface area (Å²) in [5.74, 6) is 0.913. The van der Waals surface area contributed by atoms with Gasteiger partial charge in [0.15, 0.2) is 5.65 Å². The number of rotatable bonds is 6. The number of anilines is 1. The van der Waals surface area contributed by atoms with Crippen molar-refractivity contribution in [2.75, 3.05) is 24.5 Å². The summed E-state index contributed by atoms with van der Waals surface area (Å²) >= 11 is 0. The van der Waals surface area contributed by atoms with Crippen LogP contribution in [0.15, 0.2) is 41.7 Å². The predicted molar refractivity (Wildman–Crippen MR) is 108 cm³/mol. The van der Waals surface area contributed by atoms with E-state index in [0.29, 0.717) is 6.54 Å². The second kappa shape index (κ2) is 7.84. The predicted octanol–water partition coefficient (Wildman–Crippen LogP) is 2.10. The Morgan fingerprint density at radius 3 is 2.57 bits per heavy atom. The number of nitrogens with one attached hydrogen (secondary N) is 1. The molecule has 1 aromatic carbocycles. The van der Waals surface area contributed by atoms with E-state index in [1.165, 1.54) is 19.3 Å². The van der Waals surface area contributed by atoms with E-state index < -0.39 is 10.0 Å². The number of sulfonamides is 1. The molecule has 8 nitrogen and oxygen atoms in total. The lowest BCUT2D eigenvalue weighted by molar-refractivity contribution is 0.564. The average molecular weight is 401 g/mol. The zero-order valence-corrected chi connectivity index (χ0v) is 16.7. The van der Waals surface area contributed by atoms with Gasteiger partial charge < -0.3 is 4.90 Å². The minimum absolute atomic E-state index is 0.232. The largest absolute Gasteiger partial charge is 0.356 e. The zero-order chi connectivity index (χ0) is 19.6. The quantitative estimate of drug-likeness (QED) is 0.681. The lowest BCUT2D eigenvalue weighted by Gasteiger charge is -2.27. The molecule has 0 radical (unpaired) electrons. The Labute approximate surface area is 164 Å². The first-order chi connectivity index (χ1) is 13.5. The second-order valence-corrected chi connectivity index (χ2v) is 8.83. The summed E-state index contributed by atoms with van der Waals surface area (Å²) in [6.07, 6.45) is 6.92. The topological polar surface area (TPSA) is 93.0 Å². The Bertz CT molecular complexity index is 1060. The van der Waals surface area contributed by atoms with Crippen molar-refractivity contribution in [3.63, 3.8) is 0 Å². The number of piperidine rings is 1. The summed E-state index contributed by atoms with van der Waals surface area (Å²) in [7, 11) is -3.54. The molecule has 0 aliphatic carbocycles. The summed E-state index contributed by atoms with van der Waals surface area (Å²) in [5.41, 5.74) is 1.75. The first-order valence-corrected chi connectivity index (χ1v) is 11.0. The number of aromatic nitrogens is 4. The second-order valence-electron chi connectivity index (χ2n) is 7.06. The van der Waals surface area contributed by atoms with E-state index in [9.17, 15) is 8.42 Å². The van der Waals surface area contributed by atoms with Crippen molar-refractivity contribution in [3.05, 3.63) is 42.4 Å². The SMILES string of the molecule is Cc1ccc(S(=O)(=O)NCCn2ncc3c(N4CCCCC4)ncnc32)cc1. The number of fused-ring (bicyclic) bond motifs is 1. The van der Waals surface area contributed by atoms with E-state index in [4.69, 9.17) is 0 Å². The van der Waals surface area contributed by atoms with E-state index in [0.717, 1.165) is 35.5 Å². The Balaban J connectivity index is 1.47. The average Bonchev–Trinajstić information content (AvgIpc) is 3.12. The molecule has 0 saturated carbocycles. The third-order valence-corrected chi connectivity index (χ3v) is 6.49. The lowest BCUT2D eigenvalue weighted by Crippen LogP contribution is -2.30. The minimum Gasteiger partial charge on any atom is -0.356 e.